The molecule has 1 amide bonds. The van der Waals surface area contributed by atoms with Gasteiger partial charge in [-0.05, 0) is 23.8 Å². The molecule has 0 aromatic heterocycles. The van der Waals surface area contributed by atoms with E-state index < -0.39 is 5.91 Å². The number of Topliss-reactive ketones (excluding diaryl/α,β-unsaturated/α-hetero) is 1. The molecule has 25 heavy (non-hydrogen) atoms. The van der Waals surface area contributed by atoms with Crippen molar-refractivity contribution in [3.05, 3.63) is 65.2 Å². The second-order valence-electron chi connectivity index (χ2n) is 5.04. The highest BCUT2D eigenvalue weighted by molar-refractivity contribution is 5.99. The molecular formula is C18H16N2O5. The summed E-state index contributed by atoms with van der Waals surface area (Å²) in [6.07, 6.45) is 3.96. The number of benzene rings is 2. The highest BCUT2D eigenvalue weighted by Gasteiger charge is 2.06. The number of carbonyl (C=O) groups is 2. The molecule has 0 saturated heterocycles. The lowest BCUT2D eigenvalue weighted by Gasteiger charge is -2.01. The first-order chi connectivity index (χ1) is 12.0. The second-order valence-corrected chi connectivity index (χ2v) is 5.04. The van der Waals surface area contributed by atoms with Crippen LogP contribution in [-0.4, -0.2) is 39.9 Å². The SMILES string of the molecule is O=C(/C=C/c1ccc(C(=O)CN=Cc2cccc(O)c2O)cc1)NO. The minimum absolute atomic E-state index is 0.114. The van der Waals surface area contributed by atoms with E-state index in [2.05, 4.69) is 4.99 Å². The van der Waals surface area contributed by atoms with E-state index in [0.29, 0.717) is 16.7 Å². The van der Waals surface area contributed by atoms with Gasteiger partial charge in [0.1, 0.15) is 6.54 Å². The highest BCUT2D eigenvalue weighted by Crippen LogP contribution is 2.26. The van der Waals surface area contributed by atoms with E-state index in [-0.39, 0.29) is 23.8 Å². The van der Waals surface area contributed by atoms with Crippen LogP contribution in [0.1, 0.15) is 21.5 Å². The highest BCUT2D eigenvalue weighted by atomic mass is 16.5. The fourth-order valence-corrected chi connectivity index (χ4v) is 1.96. The van der Waals surface area contributed by atoms with Crippen molar-refractivity contribution in [2.75, 3.05) is 6.54 Å². The van der Waals surface area contributed by atoms with Crippen molar-refractivity contribution >= 4 is 24.0 Å². The molecule has 0 aliphatic rings. The van der Waals surface area contributed by atoms with E-state index in [1.165, 1.54) is 23.8 Å². The molecule has 0 aliphatic heterocycles. The maximum Gasteiger partial charge on any atom is 0.267 e. The molecule has 0 saturated carbocycles. The second kappa shape index (κ2) is 8.42. The molecule has 2 aromatic rings. The molecule has 7 nitrogen and oxygen atoms in total. The molecule has 0 fully saturated rings. The number of hydrogen-bond acceptors (Lipinski definition) is 6. The number of aliphatic imine (C=N–C) groups is 1. The Morgan fingerprint density at radius 2 is 1.80 bits per heavy atom. The Balaban J connectivity index is 1.99. The number of hydroxylamine groups is 1. The van der Waals surface area contributed by atoms with E-state index >= 15 is 0 Å². The van der Waals surface area contributed by atoms with Gasteiger partial charge < -0.3 is 10.2 Å². The van der Waals surface area contributed by atoms with E-state index in [4.69, 9.17) is 5.21 Å². The molecule has 128 valence electrons. The Morgan fingerprint density at radius 3 is 2.48 bits per heavy atom. The standard InChI is InChI=1S/C18H16N2O5/c21-15-3-1-2-14(18(15)24)10-19-11-16(22)13-7-4-12(5-8-13)6-9-17(23)20-25/h1-10,21,24-25H,11H2,(H,20,23)/b9-6+,19-10?. The molecule has 7 heteroatoms. The van der Waals surface area contributed by atoms with Crippen LogP contribution in [0.15, 0.2) is 53.5 Å². The van der Waals surface area contributed by atoms with Gasteiger partial charge in [0, 0.05) is 23.4 Å². The van der Waals surface area contributed by atoms with E-state index in [9.17, 15) is 19.8 Å². The number of carbonyl (C=O) groups excluding carboxylic acids is 2. The first-order valence-electron chi connectivity index (χ1n) is 7.27. The van der Waals surface area contributed by atoms with Gasteiger partial charge in [0.2, 0.25) is 0 Å². The topological polar surface area (TPSA) is 119 Å². The van der Waals surface area contributed by atoms with Gasteiger partial charge >= 0.3 is 0 Å². The average Bonchev–Trinajstić information content (AvgIpc) is 2.63. The summed E-state index contributed by atoms with van der Waals surface area (Å²) in [5.74, 6) is -1.42. The maximum absolute atomic E-state index is 12.1. The summed E-state index contributed by atoms with van der Waals surface area (Å²) < 4.78 is 0. The van der Waals surface area contributed by atoms with Crippen molar-refractivity contribution in [3.8, 4) is 11.5 Å². The van der Waals surface area contributed by atoms with Gasteiger partial charge in [0.05, 0.1) is 0 Å². The van der Waals surface area contributed by atoms with Crippen LogP contribution < -0.4 is 5.48 Å². The largest absolute Gasteiger partial charge is 0.504 e. The van der Waals surface area contributed by atoms with Crippen LogP contribution in [0.3, 0.4) is 0 Å². The summed E-state index contributed by atoms with van der Waals surface area (Å²) in [7, 11) is 0. The predicted octanol–water partition coefficient (Wildman–Crippen LogP) is 1.92. The number of rotatable bonds is 6. The monoisotopic (exact) mass is 340 g/mol. The maximum atomic E-state index is 12.1. The van der Waals surface area contributed by atoms with Gasteiger partial charge in [0.15, 0.2) is 17.3 Å². The quantitative estimate of drug-likeness (QED) is 0.160. The van der Waals surface area contributed by atoms with Gasteiger partial charge in [-0.25, -0.2) is 5.48 Å². The third kappa shape index (κ3) is 5.02. The van der Waals surface area contributed by atoms with E-state index in [1.54, 1.807) is 36.4 Å². The smallest absolute Gasteiger partial charge is 0.267 e. The number of amides is 1. The zero-order valence-corrected chi connectivity index (χ0v) is 13.1. The normalized spacial score (nSPS) is 11.1. The number of nitrogens with zero attached hydrogens (tertiary/aromatic N) is 1. The Bertz CT molecular complexity index is 826. The Labute approximate surface area is 143 Å². The molecule has 0 atom stereocenters. The molecule has 2 rings (SSSR count). The molecule has 0 radical (unpaired) electrons. The van der Waals surface area contributed by atoms with Crippen LogP contribution in [0.25, 0.3) is 6.08 Å². The van der Waals surface area contributed by atoms with Gasteiger partial charge in [-0.15, -0.1) is 0 Å². The zero-order chi connectivity index (χ0) is 18.2. The fourth-order valence-electron chi connectivity index (χ4n) is 1.96. The molecule has 0 heterocycles. The van der Waals surface area contributed by atoms with Crippen LogP contribution in [-0.2, 0) is 4.79 Å². The summed E-state index contributed by atoms with van der Waals surface area (Å²) in [4.78, 5) is 26.9. The summed E-state index contributed by atoms with van der Waals surface area (Å²) in [5, 5.41) is 27.4. The lowest BCUT2D eigenvalue weighted by molar-refractivity contribution is -0.124. The number of aromatic hydroxyl groups is 2. The first kappa shape index (κ1) is 17.9. The van der Waals surface area contributed by atoms with Gasteiger partial charge in [-0.3, -0.25) is 19.8 Å². The van der Waals surface area contributed by atoms with E-state index in [0.717, 1.165) is 6.08 Å². The number of hydrogen-bond donors (Lipinski definition) is 4. The lowest BCUT2D eigenvalue weighted by Crippen LogP contribution is -2.14. The van der Waals surface area contributed by atoms with Gasteiger partial charge in [0.25, 0.3) is 5.91 Å². The third-order valence-electron chi connectivity index (χ3n) is 3.28. The zero-order valence-electron chi connectivity index (χ0n) is 13.1. The molecule has 2 aromatic carbocycles. The minimum atomic E-state index is -0.648. The Morgan fingerprint density at radius 1 is 1.08 bits per heavy atom. The van der Waals surface area contributed by atoms with E-state index in [1.807, 2.05) is 0 Å². The van der Waals surface area contributed by atoms with Crippen molar-refractivity contribution in [2.45, 2.75) is 0 Å². The number of ketones is 1. The van der Waals surface area contributed by atoms with Gasteiger partial charge in [-0.2, -0.15) is 0 Å². The summed E-state index contributed by atoms with van der Waals surface area (Å²) >= 11 is 0. The number of para-hydroxylation sites is 1. The van der Waals surface area contributed by atoms with Gasteiger partial charge in [-0.1, -0.05) is 30.3 Å². The van der Waals surface area contributed by atoms with Crippen LogP contribution in [0.2, 0.25) is 0 Å². The Kier molecular flexibility index (Phi) is 6.02. The Hall–Kier alpha value is -3.45. The van der Waals surface area contributed by atoms with Crippen molar-refractivity contribution < 1.29 is 25.0 Å². The van der Waals surface area contributed by atoms with Crippen LogP contribution in [0.5, 0.6) is 11.5 Å². The van der Waals surface area contributed by atoms with Crippen molar-refractivity contribution in [1.29, 1.82) is 0 Å². The van der Waals surface area contributed by atoms with Crippen molar-refractivity contribution in [2.24, 2.45) is 4.99 Å². The van der Waals surface area contributed by atoms with Crippen LogP contribution in [0.4, 0.5) is 0 Å². The molecule has 0 unspecified atom stereocenters. The van der Waals surface area contributed by atoms with Crippen LogP contribution >= 0.6 is 0 Å². The summed E-state index contributed by atoms with van der Waals surface area (Å²) in [5.41, 5.74) is 2.93. The summed E-state index contributed by atoms with van der Waals surface area (Å²) in [6.45, 7) is -0.114. The molecule has 4 N–H and O–H groups in total. The lowest BCUT2D eigenvalue weighted by atomic mass is 10.1. The minimum Gasteiger partial charge on any atom is -0.504 e. The number of nitrogens with one attached hydrogen (secondary N) is 1. The number of phenolic OH excluding ortho intramolecular Hbond substituents is 2. The first-order valence-corrected chi connectivity index (χ1v) is 7.27. The fraction of sp³-hybridized carbons (Fsp3) is 0.0556. The predicted molar refractivity (Wildman–Crippen MR) is 92.0 cm³/mol. The third-order valence-corrected chi connectivity index (χ3v) is 3.28. The molecule has 0 spiro atoms. The molecular weight excluding hydrogens is 324 g/mol. The van der Waals surface area contributed by atoms with Crippen LogP contribution in [0, 0.1) is 0 Å². The number of phenols is 2. The average molecular weight is 340 g/mol. The summed E-state index contributed by atoms with van der Waals surface area (Å²) in [6, 6.07) is 11.0. The van der Waals surface area contributed by atoms with Crippen molar-refractivity contribution in [1.82, 2.24) is 5.48 Å². The molecule has 0 aliphatic carbocycles. The van der Waals surface area contributed by atoms with Crippen molar-refractivity contribution in [3.63, 3.8) is 0 Å². The molecule has 0 bridgehead atoms.